The fraction of sp³-hybridized carbons (Fsp3) is 0.450. The van der Waals surface area contributed by atoms with E-state index >= 15 is 0 Å². The number of para-hydroxylation sites is 1. The predicted octanol–water partition coefficient (Wildman–Crippen LogP) is 2.01. The molecule has 7 nitrogen and oxygen atoms in total. The number of hydrogen-bond acceptors (Lipinski definition) is 4. The second-order valence-electron chi connectivity index (χ2n) is 6.92. The Hall–Kier alpha value is -2.67. The van der Waals surface area contributed by atoms with Gasteiger partial charge in [0.1, 0.15) is 0 Å². The zero-order valence-electron chi connectivity index (χ0n) is 15.5. The third-order valence-corrected chi connectivity index (χ3v) is 5.03. The van der Waals surface area contributed by atoms with Gasteiger partial charge < -0.3 is 15.7 Å². The van der Waals surface area contributed by atoms with Crippen molar-refractivity contribution in [1.82, 2.24) is 20.5 Å². The first-order valence-corrected chi connectivity index (χ1v) is 9.40. The molecule has 3 N–H and O–H groups in total. The minimum atomic E-state index is -0.812. The SMILES string of the molecule is CCN(CC(=O)O)C1CC(NC(=O)NCCc2ccc3ccccc3n2)C1. The van der Waals surface area contributed by atoms with Crippen molar-refractivity contribution in [3.8, 4) is 0 Å². The Labute approximate surface area is 158 Å². The summed E-state index contributed by atoms with van der Waals surface area (Å²) < 4.78 is 0. The number of rotatable bonds is 8. The number of carbonyl (C=O) groups is 2. The summed E-state index contributed by atoms with van der Waals surface area (Å²) >= 11 is 0. The second kappa shape index (κ2) is 8.81. The summed E-state index contributed by atoms with van der Waals surface area (Å²) in [6.07, 6.45) is 2.26. The summed E-state index contributed by atoms with van der Waals surface area (Å²) in [6, 6.07) is 12.2. The van der Waals surface area contributed by atoms with E-state index in [-0.39, 0.29) is 24.7 Å². The largest absolute Gasteiger partial charge is 0.480 e. The number of carboxylic acids is 1. The molecule has 1 aliphatic rings. The first-order valence-electron chi connectivity index (χ1n) is 9.40. The molecule has 1 aliphatic carbocycles. The van der Waals surface area contributed by atoms with Crippen LogP contribution in [-0.2, 0) is 11.2 Å². The van der Waals surface area contributed by atoms with Crippen LogP contribution < -0.4 is 10.6 Å². The zero-order valence-corrected chi connectivity index (χ0v) is 15.5. The van der Waals surface area contributed by atoms with E-state index in [9.17, 15) is 9.59 Å². The van der Waals surface area contributed by atoms with Gasteiger partial charge in [-0.25, -0.2) is 4.79 Å². The molecule has 1 saturated carbocycles. The zero-order chi connectivity index (χ0) is 19.2. The lowest BCUT2D eigenvalue weighted by molar-refractivity contribution is -0.139. The van der Waals surface area contributed by atoms with Crippen LogP contribution in [0.15, 0.2) is 36.4 Å². The molecule has 0 spiro atoms. The number of likely N-dealkylation sites (N-methyl/N-ethyl adjacent to an activating group) is 1. The van der Waals surface area contributed by atoms with Crippen molar-refractivity contribution >= 4 is 22.9 Å². The molecule has 0 unspecified atom stereocenters. The predicted molar refractivity (Wildman–Crippen MR) is 104 cm³/mol. The van der Waals surface area contributed by atoms with Crippen LogP contribution in [0.3, 0.4) is 0 Å². The van der Waals surface area contributed by atoms with Crippen molar-refractivity contribution in [2.24, 2.45) is 0 Å². The van der Waals surface area contributed by atoms with Crippen molar-refractivity contribution in [1.29, 1.82) is 0 Å². The molecule has 0 atom stereocenters. The van der Waals surface area contributed by atoms with Gasteiger partial charge >= 0.3 is 12.0 Å². The van der Waals surface area contributed by atoms with Crippen LogP contribution in [0.1, 0.15) is 25.5 Å². The fourth-order valence-electron chi connectivity index (χ4n) is 3.46. The lowest BCUT2D eigenvalue weighted by Gasteiger charge is -2.42. The summed E-state index contributed by atoms with van der Waals surface area (Å²) in [7, 11) is 0. The molecule has 3 rings (SSSR count). The van der Waals surface area contributed by atoms with Crippen molar-refractivity contribution in [2.75, 3.05) is 19.6 Å². The van der Waals surface area contributed by atoms with Gasteiger partial charge in [-0.3, -0.25) is 14.7 Å². The quantitative estimate of drug-likeness (QED) is 0.661. The van der Waals surface area contributed by atoms with E-state index in [1.165, 1.54) is 0 Å². The molecule has 7 heteroatoms. The summed E-state index contributed by atoms with van der Waals surface area (Å²) in [4.78, 5) is 29.4. The van der Waals surface area contributed by atoms with Gasteiger partial charge in [0, 0.05) is 36.1 Å². The number of carbonyl (C=O) groups excluding carboxylic acids is 1. The van der Waals surface area contributed by atoms with Crippen LogP contribution in [0, 0.1) is 0 Å². The number of carboxylic acid groups (broad SMARTS) is 1. The number of aromatic nitrogens is 1. The Balaban J connectivity index is 1.37. The van der Waals surface area contributed by atoms with Crippen LogP contribution in [0.4, 0.5) is 4.79 Å². The van der Waals surface area contributed by atoms with Crippen LogP contribution >= 0.6 is 0 Å². The number of amides is 2. The van der Waals surface area contributed by atoms with Crippen LogP contribution in [0.5, 0.6) is 0 Å². The summed E-state index contributed by atoms with van der Waals surface area (Å²) in [5, 5.41) is 15.8. The van der Waals surface area contributed by atoms with E-state index in [2.05, 4.69) is 15.6 Å². The molecule has 1 aromatic carbocycles. The molecule has 0 aliphatic heterocycles. The molecular weight excluding hydrogens is 344 g/mol. The van der Waals surface area contributed by atoms with Gasteiger partial charge in [-0.15, -0.1) is 0 Å². The molecule has 0 bridgehead atoms. The highest BCUT2D eigenvalue weighted by atomic mass is 16.4. The average molecular weight is 370 g/mol. The number of nitrogens with zero attached hydrogens (tertiary/aromatic N) is 2. The molecule has 2 aromatic rings. The van der Waals surface area contributed by atoms with Gasteiger partial charge in [0.15, 0.2) is 0 Å². The number of nitrogens with one attached hydrogen (secondary N) is 2. The Kier molecular flexibility index (Phi) is 6.24. The Bertz CT molecular complexity index is 805. The van der Waals surface area contributed by atoms with Crippen LogP contribution in [0.2, 0.25) is 0 Å². The van der Waals surface area contributed by atoms with Gasteiger partial charge in [-0.2, -0.15) is 0 Å². The van der Waals surface area contributed by atoms with Gasteiger partial charge in [0.05, 0.1) is 12.1 Å². The van der Waals surface area contributed by atoms with Gasteiger partial charge in [0.2, 0.25) is 0 Å². The van der Waals surface area contributed by atoms with Gasteiger partial charge in [0.25, 0.3) is 0 Å². The van der Waals surface area contributed by atoms with Crippen molar-refractivity contribution in [3.05, 3.63) is 42.1 Å². The molecule has 144 valence electrons. The second-order valence-corrected chi connectivity index (χ2v) is 6.92. The first-order chi connectivity index (χ1) is 13.0. The Morgan fingerprint density at radius 2 is 2.00 bits per heavy atom. The Morgan fingerprint density at radius 1 is 1.22 bits per heavy atom. The standard InChI is InChI=1S/C20H26N4O3/c1-2-24(13-19(25)26)17-11-16(12-17)23-20(27)21-10-9-15-8-7-14-5-3-4-6-18(14)22-15/h3-8,16-17H,2,9-13H2,1H3,(H,25,26)(H2,21,23,27). The molecule has 1 fully saturated rings. The topological polar surface area (TPSA) is 94.6 Å². The third-order valence-electron chi connectivity index (χ3n) is 5.03. The first kappa shape index (κ1) is 19.1. The average Bonchev–Trinajstić information content (AvgIpc) is 2.62. The van der Waals surface area contributed by atoms with Crippen LogP contribution in [-0.4, -0.2) is 58.7 Å². The maximum atomic E-state index is 12.0. The number of benzene rings is 1. The van der Waals surface area contributed by atoms with Crippen molar-refractivity contribution < 1.29 is 14.7 Å². The molecule has 1 aromatic heterocycles. The van der Waals surface area contributed by atoms with Gasteiger partial charge in [-0.05, 0) is 31.5 Å². The van der Waals surface area contributed by atoms with E-state index < -0.39 is 5.97 Å². The fourth-order valence-corrected chi connectivity index (χ4v) is 3.46. The lowest BCUT2D eigenvalue weighted by Crippen LogP contribution is -2.56. The number of urea groups is 1. The van der Waals surface area contributed by atoms with E-state index in [1.807, 2.05) is 48.2 Å². The number of pyridine rings is 1. The smallest absolute Gasteiger partial charge is 0.317 e. The molecule has 0 saturated heterocycles. The highest BCUT2D eigenvalue weighted by molar-refractivity contribution is 5.78. The van der Waals surface area contributed by atoms with E-state index in [1.54, 1.807) is 0 Å². The minimum Gasteiger partial charge on any atom is -0.480 e. The third kappa shape index (κ3) is 5.17. The number of aliphatic carboxylic acids is 1. The van der Waals surface area contributed by atoms with Crippen molar-refractivity contribution in [2.45, 2.75) is 38.3 Å². The molecule has 1 heterocycles. The molecular formula is C20H26N4O3. The summed E-state index contributed by atoms with van der Waals surface area (Å²) in [6.45, 7) is 3.23. The maximum absolute atomic E-state index is 12.0. The van der Waals surface area contributed by atoms with Crippen LogP contribution in [0.25, 0.3) is 10.9 Å². The maximum Gasteiger partial charge on any atom is 0.317 e. The Morgan fingerprint density at radius 3 is 2.74 bits per heavy atom. The summed E-state index contributed by atoms with van der Waals surface area (Å²) in [5.74, 6) is -0.812. The molecule has 27 heavy (non-hydrogen) atoms. The summed E-state index contributed by atoms with van der Waals surface area (Å²) in [5.41, 5.74) is 1.91. The number of fused-ring (bicyclic) bond motifs is 1. The molecule has 2 amide bonds. The molecule has 0 radical (unpaired) electrons. The van der Waals surface area contributed by atoms with Crippen molar-refractivity contribution in [3.63, 3.8) is 0 Å². The normalized spacial score (nSPS) is 18.9. The van der Waals surface area contributed by atoms with E-state index in [4.69, 9.17) is 5.11 Å². The minimum absolute atomic E-state index is 0.0544. The van der Waals surface area contributed by atoms with Gasteiger partial charge in [-0.1, -0.05) is 31.2 Å². The lowest BCUT2D eigenvalue weighted by atomic mass is 9.85. The van der Waals surface area contributed by atoms with E-state index in [0.29, 0.717) is 19.5 Å². The number of hydrogen-bond donors (Lipinski definition) is 3. The van der Waals surface area contributed by atoms with E-state index in [0.717, 1.165) is 29.4 Å². The highest BCUT2D eigenvalue weighted by Crippen LogP contribution is 2.25. The monoisotopic (exact) mass is 370 g/mol. The highest BCUT2D eigenvalue weighted by Gasteiger charge is 2.34.